The number of fused-ring (bicyclic) bond motifs is 2. The predicted molar refractivity (Wildman–Crippen MR) is 251 cm³/mol. The molecule has 0 radical (unpaired) electrons. The number of aromatic nitrogens is 2. The maximum Gasteiger partial charge on any atom is 0.227 e. The summed E-state index contributed by atoms with van der Waals surface area (Å²) in [6, 6.07) is 11.9. The van der Waals surface area contributed by atoms with E-state index in [-0.39, 0.29) is 48.1 Å². The number of likely N-dealkylation sites (tertiary alicyclic amines) is 2. The van der Waals surface area contributed by atoms with Crippen molar-refractivity contribution >= 4 is 69.8 Å². The lowest BCUT2D eigenvalue weighted by Gasteiger charge is -2.54. The topological polar surface area (TPSA) is 133 Å². The Morgan fingerprint density at radius 2 is 1.14 bits per heavy atom. The van der Waals surface area contributed by atoms with Crippen LogP contribution in [0, 0.1) is 0 Å². The number of carbonyl (C=O) groups is 2. The highest BCUT2D eigenvalue weighted by Gasteiger charge is 2.48. The summed E-state index contributed by atoms with van der Waals surface area (Å²) in [5, 5.41) is 5.55. The fourth-order valence-corrected chi connectivity index (χ4v) is 11.0. The number of hydrogen-bond acceptors (Lipinski definition) is 12. The fourth-order valence-electron chi connectivity index (χ4n) is 10.2. The standard InChI is InChI=1S/C23H28Cl2N4O3.C19H25Cl2N3O2.C4H4ClNO/c24-17-4-3-16(11-18(17)25)12-22(30)29-9-8-28(13-21-26-5-10-32-21)20-15-31-14-19(23(20)29)27-6-1-2-7-27;20-14-4-3-13(9-15(14)21)10-18(25)24-8-5-22-16-11-26-12-17(19(16)24)23-6-1-2-7-23;5-3-4-6-1-2-7-4/h3-5,10-11,19-20,23H,1-2,6-9,12-15H2;3-4,9,16-17,19,22H,1-2,5-8,10-12H2;1-2H,3H2/t19-,20+,23+;16-,17+,19+;/m01./s1. The summed E-state index contributed by atoms with van der Waals surface area (Å²) in [5.41, 5.74) is 1.79. The van der Waals surface area contributed by atoms with Gasteiger partial charge in [-0.3, -0.25) is 24.3 Å². The highest BCUT2D eigenvalue weighted by molar-refractivity contribution is 6.42. The molecule has 6 aliphatic rings. The number of nitrogens with one attached hydrogen (secondary N) is 1. The molecule has 0 aliphatic carbocycles. The average Bonchev–Trinajstić information content (AvgIpc) is 4.19. The van der Waals surface area contributed by atoms with Gasteiger partial charge < -0.3 is 33.4 Å². The lowest BCUT2D eigenvalue weighted by Crippen LogP contribution is -2.71. The van der Waals surface area contributed by atoms with Gasteiger partial charge in [0.1, 0.15) is 12.5 Å². The van der Waals surface area contributed by atoms with Crippen molar-refractivity contribution in [2.45, 2.75) is 87.2 Å². The van der Waals surface area contributed by atoms with Crippen LogP contribution in [0.15, 0.2) is 70.2 Å². The molecule has 4 aromatic rings. The minimum Gasteiger partial charge on any atom is -0.448 e. The van der Waals surface area contributed by atoms with Crippen LogP contribution in [-0.2, 0) is 44.3 Å². The lowest BCUT2D eigenvalue weighted by atomic mass is 9.91. The van der Waals surface area contributed by atoms with Crippen molar-refractivity contribution in [3.63, 3.8) is 0 Å². The Labute approximate surface area is 405 Å². The zero-order valence-corrected chi connectivity index (χ0v) is 40.1. The van der Waals surface area contributed by atoms with Crippen molar-refractivity contribution in [2.75, 3.05) is 78.8 Å². The van der Waals surface area contributed by atoms with Crippen LogP contribution in [0.1, 0.15) is 48.6 Å². The molecule has 14 nitrogen and oxygen atoms in total. The van der Waals surface area contributed by atoms with Crippen LogP contribution >= 0.6 is 58.0 Å². The van der Waals surface area contributed by atoms with Crippen LogP contribution in [0.4, 0.5) is 0 Å². The molecular weight excluding hydrogens is 938 g/mol. The van der Waals surface area contributed by atoms with Gasteiger partial charge in [0.25, 0.3) is 0 Å². The van der Waals surface area contributed by atoms with E-state index < -0.39 is 0 Å². The van der Waals surface area contributed by atoms with Gasteiger partial charge in [0, 0.05) is 26.2 Å². The summed E-state index contributed by atoms with van der Waals surface area (Å²) in [4.78, 5) is 46.3. The molecule has 0 saturated carbocycles. The average molecular weight is 995 g/mol. The van der Waals surface area contributed by atoms with Crippen LogP contribution in [0.2, 0.25) is 20.1 Å². The van der Waals surface area contributed by atoms with Gasteiger partial charge in [-0.05, 0) is 87.3 Å². The van der Waals surface area contributed by atoms with Gasteiger partial charge in [-0.25, -0.2) is 9.97 Å². The minimum atomic E-state index is 0.0702. The number of oxazole rings is 2. The zero-order chi connectivity index (χ0) is 45.3. The van der Waals surface area contributed by atoms with Crippen molar-refractivity contribution < 1.29 is 27.9 Å². The fraction of sp³-hybridized carbons (Fsp3) is 0.565. The molecule has 2 amide bonds. The summed E-state index contributed by atoms with van der Waals surface area (Å²) in [6.07, 6.45) is 11.9. The van der Waals surface area contributed by atoms with Gasteiger partial charge in [-0.2, -0.15) is 0 Å². The molecule has 1 N–H and O–H groups in total. The molecule has 65 heavy (non-hydrogen) atoms. The highest BCUT2D eigenvalue weighted by Crippen LogP contribution is 2.32. The number of benzene rings is 2. The van der Waals surface area contributed by atoms with Crippen molar-refractivity contribution in [3.05, 3.63) is 104 Å². The van der Waals surface area contributed by atoms with Gasteiger partial charge in [-0.15, -0.1) is 11.6 Å². The first kappa shape index (κ1) is 48.5. The molecule has 352 valence electrons. The number of alkyl halides is 1. The van der Waals surface area contributed by atoms with E-state index in [4.69, 9.17) is 76.3 Å². The number of rotatable bonds is 9. The number of carbonyl (C=O) groups excluding carboxylic acids is 2. The van der Waals surface area contributed by atoms with Crippen molar-refractivity contribution in [2.24, 2.45) is 0 Å². The third-order valence-corrected chi connectivity index (χ3v) is 15.0. The number of hydrogen-bond donors (Lipinski definition) is 1. The summed E-state index contributed by atoms with van der Waals surface area (Å²) in [6.45, 7) is 10.6. The summed E-state index contributed by atoms with van der Waals surface area (Å²) >= 11 is 29.7. The number of piperazine rings is 2. The Balaban J connectivity index is 0.000000156. The molecule has 0 spiro atoms. The second-order valence-corrected chi connectivity index (χ2v) is 19.2. The van der Waals surface area contributed by atoms with E-state index in [0.717, 1.165) is 56.9 Å². The van der Waals surface area contributed by atoms with Gasteiger partial charge in [0.15, 0.2) is 0 Å². The van der Waals surface area contributed by atoms with Crippen molar-refractivity contribution in [3.8, 4) is 0 Å². The maximum absolute atomic E-state index is 13.5. The number of nitrogens with zero attached hydrogens (tertiary/aromatic N) is 7. The summed E-state index contributed by atoms with van der Waals surface area (Å²) < 4.78 is 22.2. The normalized spacial score (nSPS) is 26.1. The minimum absolute atomic E-state index is 0.0702. The van der Waals surface area contributed by atoms with E-state index in [9.17, 15) is 9.59 Å². The summed E-state index contributed by atoms with van der Waals surface area (Å²) in [5.74, 6) is 1.91. The molecule has 19 heteroatoms. The van der Waals surface area contributed by atoms with Crippen LogP contribution in [0.3, 0.4) is 0 Å². The molecular formula is C46H57Cl5N8O6. The SMILES string of the molecule is ClCc1ncco1.O=C(Cc1ccc(Cl)c(Cl)c1)N1CCN(Cc2ncco2)[C@@H]2COC[C@H](N3CCCC3)[C@H]21.O=C(Cc1ccc(Cl)c(Cl)c1)N1CCN[C@@H]2COC[C@H](N3CCCC3)[C@H]21. The smallest absolute Gasteiger partial charge is 0.227 e. The number of halogens is 5. The molecule has 10 rings (SSSR count). The van der Waals surface area contributed by atoms with Crippen molar-refractivity contribution in [1.82, 2.24) is 39.8 Å². The second kappa shape index (κ2) is 23.3. The highest BCUT2D eigenvalue weighted by atomic mass is 35.5. The first-order valence-corrected chi connectivity index (χ1v) is 24.6. The van der Waals surface area contributed by atoms with E-state index in [1.54, 1.807) is 42.9 Å². The lowest BCUT2D eigenvalue weighted by molar-refractivity contribution is -0.153. The quantitative estimate of drug-likeness (QED) is 0.179. The zero-order valence-electron chi connectivity index (χ0n) is 36.3. The van der Waals surface area contributed by atoms with Crippen LogP contribution in [0.5, 0.6) is 0 Å². The molecule has 2 aromatic carbocycles. The van der Waals surface area contributed by atoms with E-state index in [2.05, 4.69) is 39.8 Å². The Morgan fingerprint density at radius 1 is 0.615 bits per heavy atom. The van der Waals surface area contributed by atoms with Gasteiger partial charge in [0.05, 0.1) is 120 Å². The maximum atomic E-state index is 13.5. The van der Waals surface area contributed by atoms with E-state index in [0.29, 0.717) is 90.1 Å². The van der Waals surface area contributed by atoms with E-state index in [1.807, 2.05) is 12.1 Å². The van der Waals surface area contributed by atoms with Gasteiger partial charge in [0.2, 0.25) is 23.6 Å². The molecule has 6 fully saturated rings. The second-order valence-electron chi connectivity index (χ2n) is 17.3. The number of amides is 2. The van der Waals surface area contributed by atoms with Crippen LogP contribution in [-0.4, -0.2) is 161 Å². The van der Waals surface area contributed by atoms with Gasteiger partial charge in [-0.1, -0.05) is 58.5 Å². The largest absolute Gasteiger partial charge is 0.448 e. The monoisotopic (exact) mass is 992 g/mol. The molecule has 0 unspecified atom stereocenters. The molecule has 6 saturated heterocycles. The molecule has 2 aromatic heterocycles. The third kappa shape index (κ3) is 12.2. The van der Waals surface area contributed by atoms with Crippen LogP contribution < -0.4 is 5.32 Å². The van der Waals surface area contributed by atoms with E-state index >= 15 is 0 Å². The Morgan fingerprint density at radius 3 is 1.66 bits per heavy atom. The van der Waals surface area contributed by atoms with Gasteiger partial charge >= 0.3 is 0 Å². The molecule has 8 heterocycles. The third-order valence-electron chi connectivity index (χ3n) is 13.3. The number of ether oxygens (including phenoxy) is 2. The van der Waals surface area contributed by atoms with Crippen LogP contribution in [0.25, 0.3) is 0 Å². The Hall–Kier alpha value is -2.99. The first-order chi connectivity index (χ1) is 31.7. The molecule has 6 aliphatic heterocycles. The summed E-state index contributed by atoms with van der Waals surface area (Å²) in [7, 11) is 0. The Kier molecular flexibility index (Phi) is 17.4. The molecule has 0 bridgehead atoms. The van der Waals surface area contributed by atoms with Crippen molar-refractivity contribution in [1.29, 1.82) is 0 Å². The predicted octanol–water partition coefficient (Wildman–Crippen LogP) is 6.71. The first-order valence-electron chi connectivity index (χ1n) is 22.6. The Bertz CT molecular complexity index is 2140. The molecule has 6 atom stereocenters. The van der Waals surface area contributed by atoms with E-state index in [1.165, 1.54) is 31.9 Å².